The van der Waals surface area contributed by atoms with Crippen LogP contribution in [0.3, 0.4) is 0 Å². The lowest BCUT2D eigenvalue weighted by molar-refractivity contribution is -0.125. The smallest absolute Gasteiger partial charge is 0.261 e. The molecule has 0 amide bonds. The van der Waals surface area contributed by atoms with Crippen LogP contribution in [0.5, 0.6) is 28.7 Å². The van der Waals surface area contributed by atoms with Gasteiger partial charge in [-0.15, -0.1) is 0 Å². The molecular weight excluding hydrogens is 1860 g/mol. The van der Waals surface area contributed by atoms with Crippen molar-refractivity contribution in [2.45, 2.75) is 135 Å². The van der Waals surface area contributed by atoms with Crippen molar-refractivity contribution >= 4 is 97.4 Å². The number of Topliss-reactive ketones (excluding diaryl/α,β-unsaturated/α-hetero) is 2. The lowest BCUT2D eigenvalue weighted by Gasteiger charge is -2.25. The molecule has 33 nitrogen and oxygen atoms in total. The van der Waals surface area contributed by atoms with Gasteiger partial charge < -0.3 is 81.8 Å². The first-order valence-electron chi connectivity index (χ1n) is 45.9. The van der Waals surface area contributed by atoms with Gasteiger partial charge in [0, 0.05) is 107 Å². The Morgan fingerprint density at radius 2 is 0.615 bits per heavy atom. The first kappa shape index (κ1) is 99.6. The van der Waals surface area contributed by atoms with Crippen LogP contribution >= 0.6 is 0 Å². The molecule has 0 saturated carbocycles. The van der Waals surface area contributed by atoms with Gasteiger partial charge in [-0.1, -0.05) is 46.7 Å². The Hall–Kier alpha value is -16.4. The number of alkyl halides is 4. The lowest BCUT2D eigenvalue weighted by Crippen LogP contribution is -2.41. The van der Waals surface area contributed by atoms with E-state index in [0.29, 0.717) is 150 Å². The van der Waals surface area contributed by atoms with E-state index in [1.54, 1.807) is 113 Å². The van der Waals surface area contributed by atoms with E-state index >= 15 is 0 Å². The van der Waals surface area contributed by atoms with Crippen LogP contribution < -0.4 is 76.9 Å². The average molecular weight is 1970 g/mol. The summed E-state index contributed by atoms with van der Waals surface area (Å²) < 4.78 is 161. The number of aromatic nitrogens is 15. The summed E-state index contributed by atoms with van der Waals surface area (Å²) >= 11 is 0. The number of fused-ring (bicyclic) bond motifs is 10. The number of ether oxygens (including phenoxy) is 5. The van der Waals surface area contributed by atoms with Crippen molar-refractivity contribution in [1.82, 2.24) is 104 Å². The van der Waals surface area contributed by atoms with Crippen LogP contribution in [0.4, 0.5) is 68.6 Å². The molecule has 42 heteroatoms. The van der Waals surface area contributed by atoms with Crippen LogP contribution in [0, 0.1) is 29.1 Å². The van der Waals surface area contributed by atoms with E-state index in [9.17, 15) is 49.1 Å². The van der Waals surface area contributed by atoms with Gasteiger partial charge in [0.25, 0.3) is 12.9 Å². The summed E-state index contributed by atoms with van der Waals surface area (Å²) in [4.78, 5) is 50.1. The van der Waals surface area contributed by atoms with Crippen molar-refractivity contribution in [2.24, 2.45) is 0 Å². The van der Waals surface area contributed by atoms with E-state index in [4.69, 9.17) is 28.7 Å². The van der Waals surface area contributed by atoms with Gasteiger partial charge >= 0.3 is 0 Å². The molecule has 0 unspecified atom stereocenters. The zero-order valence-electron chi connectivity index (χ0n) is 79.4. The van der Waals surface area contributed by atoms with E-state index in [0.717, 1.165) is 34.5 Å². The number of likely N-dealkylation sites (N-methyl/N-ethyl adjacent to an activating group) is 1. The molecule has 20 rings (SSSR count). The molecule has 15 heterocycles. The Morgan fingerprint density at radius 1 is 0.364 bits per heavy atom. The summed E-state index contributed by atoms with van der Waals surface area (Å²) in [6, 6.07) is 25.8. The predicted molar refractivity (Wildman–Crippen MR) is 526 cm³/mol. The third-order valence-electron chi connectivity index (χ3n) is 24.0. The molecule has 10 aromatic heterocycles. The van der Waals surface area contributed by atoms with E-state index in [-0.39, 0.29) is 103 Å². The Bertz CT molecular complexity index is 6930. The molecule has 143 heavy (non-hydrogen) atoms. The molecule has 0 radical (unpaired) electrons. The Kier molecular flexibility index (Phi) is 30.3. The summed E-state index contributed by atoms with van der Waals surface area (Å²) in [7, 11) is 4.01. The van der Waals surface area contributed by atoms with Gasteiger partial charge in [-0.3, -0.25) is 9.59 Å². The fourth-order valence-corrected chi connectivity index (χ4v) is 16.4. The number of halogens is 9. The van der Waals surface area contributed by atoms with Crippen molar-refractivity contribution in [1.29, 1.82) is 0 Å². The molecule has 15 aromatic rings. The number of ketones is 2. The molecule has 0 saturated heterocycles. The Labute approximate surface area is 815 Å². The first-order valence-corrected chi connectivity index (χ1v) is 45.9. The second-order valence-electron chi connectivity index (χ2n) is 34.7. The minimum Gasteiger partial charge on any atom is -0.491 e. The molecule has 5 aliphatic heterocycles. The van der Waals surface area contributed by atoms with Crippen molar-refractivity contribution in [2.75, 3.05) is 80.1 Å². The SMILES string of the molecule is C=C1NC[C@@H](C(=O)CC)Oc2ccc(F)cc2[C@@H](C)Nc2ccn3ncc1c3n2.C=C1NC[C@H](C(=O)CC)Oc2ccc(F)cc2[C@@H](C)Nc2ccn3ncc1c3n2.C=C1N[C@@H](C(F)F)COc2ccc(F)cc2[C@@H](C)Nc2ccn3ncc1c3n2.C=C1N[C@@H](CN(C)C)COc2ccc(F)cc2[C@@H](C)Nc2ccn3ncc1c3n2.C=C1N[C@H](C(F)F)COc2ccc(F)cc2[C@@H](C)Nc2ccn3ncc1c3n2. The second kappa shape index (κ2) is 43.5. The molecule has 0 fully saturated rings. The second-order valence-corrected chi connectivity index (χ2v) is 34.7. The Morgan fingerprint density at radius 3 is 0.881 bits per heavy atom. The van der Waals surface area contributed by atoms with Crippen molar-refractivity contribution in [3.8, 4) is 28.7 Å². The normalized spacial score (nSPS) is 19.5. The molecule has 10 N–H and O–H groups in total. The number of nitrogens with one attached hydrogen (secondary N) is 10. The summed E-state index contributed by atoms with van der Waals surface area (Å²) in [6.07, 6.45) is 10.7. The van der Waals surface area contributed by atoms with Gasteiger partial charge in [0.1, 0.15) is 119 Å². The van der Waals surface area contributed by atoms with Crippen LogP contribution in [0.1, 0.15) is 147 Å². The number of anilines is 5. The average Bonchev–Trinajstić information content (AvgIpc) is 1.66. The van der Waals surface area contributed by atoms with Gasteiger partial charge in [0.05, 0.1) is 108 Å². The number of carbonyl (C=O) groups excluding carboxylic acids is 2. The number of hydrogen-bond donors (Lipinski definition) is 10. The third-order valence-corrected chi connectivity index (χ3v) is 24.0. The summed E-state index contributed by atoms with van der Waals surface area (Å²) in [6.45, 7) is 33.9. The van der Waals surface area contributed by atoms with Gasteiger partial charge in [-0.05, 0) is 170 Å². The maximum Gasteiger partial charge on any atom is 0.261 e. The zero-order chi connectivity index (χ0) is 101. The van der Waals surface area contributed by atoms with Crippen molar-refractivity contribution in [3.05, 3.63) is 301 Å². The number of rotatable bonds is 8. The largest absolute Gasteiger partial charge is 0.491 e. The van der Waals surface area contributed by atoms with Crippen LogP contribution in [0.25, 0.3) is 56.7 Å². The minimum atomic E-state index is -2.70. The summed E-state index contributed by atoms with van der Waals surface area (Å²) in [5, 5.41) is 52.8. The highest BCUT2D eigenvalue weighted by Gasteiger charge is 2.33. The van der Waals surface area contributed by atoms with Crippen LogP contribution in [0.2, 0.25) is 0 Å². The maximum absolute atomic E-state index is 14.0. The maximum atomic E-state index is 14.0. The predicted octanol–water partition coefficient (Wildman–Crippen LogP) is 16.9. The molecule has 744 valence electrons. The van der Waals surface area contributed by atoms with Crippen LogP contribution in [0.15, 0.2) is 216 Å². The Balaban J connectivity index is 0.000000128. The molecule has 0 aliphatic carbocycles. The van der Waals surface area contributed by atoms with Crippen molar-refractivity contribution < 1.29 is 72.8 Å². The first-order chi connectivity index (χ1) is 68.7. The van der Waals surface area contributed by atoms with E-state index in [1.165, 1.54) is 94.2 Å². The summed E-state index contributed by atoms with van der Waals surface area (Å²) in [5.41, 5.74) is 11.5. The molecule has 0 spiro atoms. The summed E-state index contributed by atoms with van der Waals surface area (Å²) in [5.74, 6) is 3.05. The van der Waals surface area contributed by atoms with Gasteiger partial charge in [-0.25, -0.2) is 87.0 Å². The molecule has 10 bridgehead atoms. The third kappa shape index (κ3) is 23.2. The van der Waals surface area contributed by atoms with Gasteiger partial charge in [0.15, 0.2) is 52.0 Å². The highest BCUT2D eigenvalue weighted by atomic mass is 19.3. The van der Waals surface area contributed by atoms with Gasteiger partial charge in [0.2, 0.25) is 0 Å². The molecule has 5 aliphatic rings. The fourth-order valence-electron chi connectivity index (χ4n) is 16.4. The highest BCUT2D eigenvalue weighted by Crippen LogP contribution is 2.38. The minimum absolute atomic E-state index is 0.0300. The molecular formula is C101H105F9N26O7. The standard InChI is InChI=1S/C21H25FN6O.2C21H22FN5O2.2C19H18F3N5O/c1-13-17-9-15(22)5-6-19(17)29-12-16(11-27(3)4)24-14(2)18-10-23-28-8-7-20(25-13)26-21(18)28;2*1-4-17(28)19-11-23-12(2)16-10-24-27-8-7-20(26-21(16)27)25-13(3)15-9-14(22)5-6-18(15)29-19;2*1-10-13-7-12(20)3-4-16(13)28-9-15(18(21)22)24-11(2)14-8-23-27-6-5-17(25-10)26-19(14)27/h5-10,13,16,24H,2,11-12H2,1,3-4H3,(H,25,26);2*5-10,13,19,23H,2,4,11H2,1,3H3,(H,25,26);2*3-8,10,15,18,24H,2,9H2,1H3,(H,25,26)/t13-,16+;13-,19+;13-,19-;10-,15+;10-,15-/m11111/s1. The van der Waals surface area contributed by atoms with Crippen molar-refractivity contribution in [3.63, 3.8) is 0 Å². The molecule has 5 aromatic carbocycles. The van der Waals surface area contributed by atoms with E-state index in [2.05, 4.69) is 136 Å². The monoisotopic (exact) mass is 1960 g/mol. The number of carbonyl (C=O) groups is 2. The van der Waals surface area contributed by atoms with E-state index in [1.807, 2.05) is 61.0 Å². The fraction of sp³-hybridized carbons (Fsp3) is 0.287. The number of hydrogen-bond acceptors (Lipinski definition) is 28. The highest BCUT2D eigenvalue weighted by molar-refractivity contribution is 5.85. The topological polar surface area (TPSA) is 355 Å². The quantitative estimate of drug-likeness (QED) is 0.0632. The van der Waals surface area contributed by atoms with E-state index < -0.39 is 48.8 Å². The van der Waals surface area contributed by atoms with Crippen LogP contribution in [-0.2, 0) is 9.59 Å². The number of benzene rings is 5. The van der Waals surface area contributed by atoms with Crippen LogP contribution in [-0.4, -0.2) is 186 Å². The number of nitrogens with zero attached hydrogens (tertiary/aromatic N) is 16. The van der Waals surface area contributed by atoms with Gasteiger partial charge in [-0.2, -0.15) is 25.5 Å². The zero-order valence-corrected chi connectivity index (χ0v) is 79.4. The lowest BCUT2D eigenvalue weighted by atomic mass is 10.1. The molecule has 10 atom stereocenters.